The highest BCUT2D eigenvalue weighted by Gasteiger charge is 2.42. The molecule has 7 nitrogen and oxygen atoms in total. The SMILES string of the molecule is CCOc1cc(Br)c([C@H]2C(C(=O)OC)=C(N)OC3=C2C(=O)CCC3)cc1OC. The molecule has 1 aromatic rings. The predicted octanol–water partition coefficient (Wildman–Crippen LogP) is 3.32. The van der Waals surface area contributed by atoms with Gasteiger partial charge in [0, 0.05) is 22.9 Å². The zero-order valence-corrected chi connectivity index (χ0v) is 17.6. The second-order valence-corrected chi connectivity index (χ2v) is 7.23. The number of esters is 1. The van der Waals surface area contributed by atoms with Crippen molar-refractivity contribution in [3.8, 4) is 11.5 Å². The Morgan fingerprint density at radius 2 is 2.04 bits per heavy atom. The minimum atomic E-state index is -0.719. The average Bonchev–Trinajstić information content (AvgIpc) is 2.67. The Morgan fingerprint density at radius 3 is 2.68 bits per heavy atom. The van der Waals surface area contributed by atoms with E-state index in [0.717, 1.165) is 0 Å². The molecule has 8 heteroatoms. The van der Waals surface area contributed by atoms with E-state index in [1.807, 2.05) is 6.92 Å². The summed E-state index contributed by atoms with van der Waals surface area (Å²) in [7, 11) is 2.79. The van der Waals surface area contributed by atoms with Crippen molar-refractivity contribution in [1.82, 2.24) is 0 Å². The van der Waals surface area contributed by atoms with Gasteiger partial charge in [-0.3, -0.25) is 4.79 Å². The molecule has 1 aliphatic carbocycles. The topological polar surface area (TPSA) is 97.1 Å². The molecule has 0 radical (unpaired) electrons. The molecule has 1 aromatic carbocycles. The van der Waals surface area contributed by atoms with Crippen LogP contribution in [0.2, 0.25) is 0 Å². The first kappa shape index (κ1) is 20.3. The average molecular weight is 452 g/mol. The number of allylic oxidation sites excluding steroid dienone is 2. The Morgan fingerprint density at radius 1 is 1.29 bits per heavy atom. The fourth-order valence-electron chi connectivity index (χ4n) is 3.58. The van der Waals surface area contributed by atoms with Crippen molar-refractivity contribution < 1.29 is 28.5 Å². The van der Waals surface area contributed by atoms with E-state index < -0.39 is 11.9 Å². The van der Waals surface area contributed by atoms with Crippen molar-refractivity contribution in [2.75, 3.05) is 20.8 Å². The van der Waals surface area contributed by atoms with Crippen LogP contribution in [0, 0.1) is 0 Å². The van der Waals surface area contributed by atoms with Crippen molar-refractivity contribution in [2.45, 2.75) is 32.1 Å². The van der Waals surface area contributed by atoms with Crippen molar-refractivity contribution in [3.63, 3.8) is 0 Å². The van der Waals surface area contributed by atoms with Gasteiger partial charge in [-0.15, -0.1) is 0 Å². The highest BCUT2D eigenvalue weighted by Crippen LogP contribution is 2.48. The van der Waals surface area contributed by atoms with Crippen LogP contribution in [0.3, 0.4) is 0 Å². The normalized spacial score (nSPS) is 19.1. The largest absolute Gasteiger partial charge is 0.493 e. The summed E-state index contributed by atoms with van der Waals surface area (Å²) in [5, 5.41) is 0. The number of rotatable bonds is 5. The fourth-order valence-corrected chi connectivity index (χ4v) is 4.13. The predicted molar refractivity (Wildman–Crippen MR) is 105 cm³/mol. The molecule has 1 heterocycles. The molecule has 0 spiro atoms. The van der Waals surface area contributed by atoms with E-state index >= 15 is 0 Å². The molecule has 3 rings (SSSR count). The lowest BCUT2D eigenvalue weighted by molar-refractivity contribution is -0.136. The van der Waals surface area contributed by atoms with Gasteiger partial charge in [-0.1, -0.05) is 15.9 Å². The van der Waals surface area contributed by atoms with Crippen molar-refractivity contribution in [3.05, 3.63) is 45.0 Å². The lowest BCUT2D eigenvalue weighted by Gasteiger charge is -2.33. The maximum atomic E-state index is 12.8. The summed E-state index contributed by atoms with van der Waals surface area (Å²) in [5.41, 5.74) is 7.26. The van der Waals surface area contributed by atoms with Crippen LogP contribution in [0.25, 0.3) is 0 Å². The number of methoxy groups -OCH3 is 2. The number of carbonyl (C=O) groups excluding carboxylic acids is 2. The van der Waals surface area contributed by atoms with Gasteiger partial charge < -0.3 is 24.7 Å². The Bertz CT molecular complexity index is 889. The van der Waals surface area contributed by atoms with Gasteiger partial charge in [0.1, 0.15) is 11.3 Å². The molecular formula is C20H22BrNO6. The number of Topliss-reactive ketones (excluding diaryl/α,β-unsaturated/α-hetero) is 1. The molecule has 1 atom stereocenters. The number of benzene rings is 1. The van der Waals surface area contributed by atoms with Gasteiger partial charge in [0.2, 0.25) is 5.88 Å². The van der Waals surface area contributed by atoms with E-state index in [2.05, 4.69) is 15.9 Å². The van der Waals surface area contributed by atoms with Crippen LogP contribution in [0.4, 0.5) is 0 Å². The van der Waals surface area contributed by atoms with Gasteiger partial charge in [-0.05, 0) is 31.0 Å². The monoisotopic (exact) mass is 451 g/mol. The molecule has 0 fully saturated rings. The van der Waals surface area contributed by atoms with Gasteiger partial charge in [0.15, 0.2) is 17.3 Å². The van der Waals surface area contributed by atoms with Gasteiger partial charge >= 0.3 is 5.97 Å². The summed E-state index contributed by atoms with van der Waals surface area (Å²) >= 11 is 3.55. The minimum absolute atomic E-state index is 0.0509. The molecule has 2 aliphatic rings. The zero-order valence-electron chi connectivity index (χ0n) is 16.0. The van der Waals surface area contributed by atoms with Crippen LogP contribution < -0.4 is 15.2 Å². The molecule has 1 aliphatic heterocycles. The molecule has 150 valence electrons. The number of nitrogens with two attached hydrogens (primary N) is 1. The smallest absolute Gasteiger partial charge is 0.340 e. The van der Waals surface area contributed by atoms with Gasteiger partial charge in [0.25, 0.3) is 0 Å². The summed E-state index contributed by atoms with van der Waals surface area (Å²) in [6.07, 6.45) is 1.65. The number of ketones is 1. The maximum Gasteiger partial charge on any atom is 0.340 e. The Kier molecular flexibility index (Phi) is 5.98. The van der Waals surface area contributed by atoms with Gasteiger partial charge in [-0.25, -0.2) is 4.79 Å². The minimum Gasteiger partial charge on any atom is -0.493 e. The van der Waals surface area contributed by atoms with Crippen LogP contribution in [-0.2, 0) is 19.1 Å². The summed E-state index contributed by atoms with van der Waals surface area (Å²) in [6, 6.07) is 3.50. The van der Waals surface area contributed by atoms with E-state index in [-0.39, 0.29) is 17.2 Å². The number of halogens is 1. The first-order valence-electron chi connectivity index (χ1n) is 8.95. The highest BCUT2D eigenvalue weighted by molar-refractivity contribution is 9.10. The first-order chi connectivity index (χ1) is 13.4. The zero-order chi connectivity index (χ0) is 20.4. The number of hydrogen-bond donors (Lipinski definition) is 1. The lowest BCUT2D eigenvalue weighted by Crippen LogP contribution is -2.31. The molecule has 0 aromatic heterocycles. The van der Waals surface area contributed by atoms with Gasteiger partial charge in [0.05, 0.1) is 26.7 Å². The molecule has 0 unspecified atom stereocenters. The third-order valence-electron chi connectivity index (χ3n) is 4.78. The van der Waals surface area contributed by atoms with Crippen LogP contribution in [0.15, 0.2) is 39.4 Å². The fraction of sp³-hybridized carbons (Fsp3) is 0.400. The Balaban J connectivity index is 2.24. The molecule has 2 N–H and O–H groups in total. The molecule has 0 bridgehead atoms. The van der Waals surface area contributed by atoms with Crippen LogP contribution in [0.5, 0.6) is 11.5 Å². The highest BCUT2D eigenvalue weighted by atomic mass is 79.9. The van der Waals surface area contributed by atoms with E-state index in [1.165, 1.54) is 14.2 Å². The van der Waals surface area contributed by atoms with E-state index in [1.54, 1.807) is 12.1 Å². The Labute approximate surface area is 171 Å². The van der Waals surface area contributed by atoms with E-state index in [9.17, 15) is 9.59 Å². The van der Waals surface area contributed by atoms with E-state index in [0.29, 0.717) is 58.7 Å². The first-order valence-corrected chi connectivity index (χ1v) is 9.74. The van der Waals surface area contributed by atoms with Crippen LogP contribution in [0.1, 0.15) is 37.7 Å². The van der Waals surface area contributed by atoms with Crippen molar-refractivity contribution >= 4 is 27.7 Å². The van der Waals surface area contributed by atoms with E-state index in [4.69, 9.17) is 24.7 Å². The molecule has 0 amide bonds. The molecule has 0 saturated heterocycles. The number of carbonyl (C=O) groups is 2. The van der Waals surface area contributed by atoms with Crippen molar-refractivity contribution in [2.24, 2.45) is 5.73 Å². The quantitative estimate of drug-likeness (QED) is 0.685. The molecule has 0 saturated carbocycles. The third-order valence-corrected chi connectivity index (χ3v) is 5.47. The van der Waals surface area contributed by atoms with Crippen LogP contribution in [-0.4, -0.2) is 32.6 Å². The number of ether oxygens (including phenoxy) is 4. The third kappa shape index (κ3) is 3.48. The second-order valence-electron chi connectivity index (χ2n) is 6.38. The molecular weight excluding hydrogens is 430 g/mol. The second kappa shape index (κ2) is 8.26. The van der Waals surface area contributed by atoms with Crippen LogP contribution >= 0.6 is 15.9 Å². The van der Waals surface area contributed by atoms with Crippen molar-refractivity contribution in [1.29, 1.82) is 0 Å². The van der Waals surface area contributed by atoms with Gasteiger partial charge in [-0.2, -0.15) is 0 Å². The summed E-state index contributed by atoms with van der Waals surface area (Å²) in [6.45, 7) is 2.34. The summed E-state index contributed by atoms with van der Waals surface area (Å²) in [5.74, 6) is 0.0550. The lowest BCUT2D eigenvalue weighted by atomic mass is 9.77. The standard InChI is InChI=1S/C20H22BrNO6/c1-4-27-15-9-11(21)10(8-14(15)25-2)16-17-12(23)6-5-7-13(17)28-19(22)18(16)20(24)26-3/h8-9,16H,4-7,22H2,1-3H3/t16-/m1/s1. The number of hydrogen-bond acceptors (Lipinski definition) is 7. The summed E-state index contributed by atoms with van der Waals surface area (Å²) in [4.78, 5) is 25.3. The molecule has 28 heavy (non-hydrogen) atoms. The summed E-state index contributed by atoms with van der Waals surface area (Å²) < 4.78 is 22.3. The maximum absolute atomic E-state index is 12.8. The Hall–Kier alpha value is -2.48.